The zero-order valence-corrected chi connectivity index (χ0v) is 18.4. The molecule has 0 aliphatic rings. The number of methoxy groups -OCH3 is 1. The van der Waals surface area contributed by atoms with Gasteiger partial charge in [-0.15, -0.1) is 5.11 Å². The number of halogens is 1. The number of azo groups is 1. The van der Waals surface area contributed by atoms with Crippen molar-refractivity contribution in [2.75, 3.05) is 7.11 Å². The molecule has 0 saturated heterocycles. The smallest absolute Gasteiger partial charge is 0.290 e. The van der Waals surface area contributed by atoms with Crippen LogP contribution in [0, 0.1) is 4.77 Å². The lowest BCUT2D eigenvalue weighted by molar-refractivity contribution is 0.402. The SMILES string of the molecule is COc1ccccc1-n1c(O)c(N=Nc2ccc(Cl)cc2)c(=O)n(-c2ccccc2)c1=S. The molecular formula is C23H17ClN4O3S. The average Bonchev–Trinajstić information content (AvgIpc) is 2.81. The summed E-state index contributed by atoms with van der Waals surface area (Å²) in [5, 5.41) is 19.8. The summed E-state index contributed by atoms with van der Waals surface area (Å²) in [6, 6.07) is 22.5. The standard InChI is InChI=1S/C23H17ClN4O3S/c1-31-19-10-6-5-9-18(19)28-22(30)20(26-25-16-13-11-15(24)12-14-16)21(29)27(23(28)32)17-7-3-2-4-8-17/h2-14,30H,1H3. The van der Waals surface area contributed by atoms with Crippen LogP contribution in [0.4, 0.5) is 11.4 Å². The number of aromatic hydroxyl groups is 1. The maximum atomic E-state index is 13.3. The van der Waals surface area contributed by atoms with E-state index in [1.165, 1.54) is 16.2 Å². The number of hydrogen-bond acceptors (Lipinski definition) is 6. The minimum Gasteiger partial charge on any atom is -0.495 e. The van der Waals surface area contributed by atoms with Gasteiger partial charge in [0.15, 0.2) is 4.77 Å². The molecule has 0 amide bonds. The first kappa shape index (κ1) is 21.5. The molecule has 0 unspecified atom stereocenters. The Hall–Kier alpha value is -3.75. The number of ether oxygens (including phenoxy) is 1. The van der Waals surface area contributed by atoms with Crippen LogP contribution in [-0.4, -0.2) is 21.4 Å². The third kappa shape index (κ3) is 4.05. The van der Waals surface area contributed by atoms with Crippen molar-refractivity contribution in [3.05, 3.63) is 99.0 Å². The highest BCUT2D eigenvalue weighted by atomic mass is 35.5. The fourth-order valence-corrected chi connectivity index (χ4v) is 3.62. The minimum absolute atomic E-state index is 0.0497. The predicted molar refractivity (Wildman–Crippen MR) is 126 cm³/mol. The van der Waals surface area contributed by atoms with Crippen LogP contribution < -0.4 is 10.3 Å². The quantitative estimate of drug-likeness (QED) is 0.284. The summed E-state index contributed by atoms with van der Waals surface area (Å²) in [7, 11) is 1.51. The van der Waals surface area contributed by atoms with Crippen molar-refractivity contribution >= 4 is 35.2 Å². The Morgan fingerprint density at radius 2 is 1.56 bits per heavy atom. The number of aromatic nitrogens is 2. The molecule has 1 aromatic heterocycles. The molecule has 0 aliphatic carbocycles. The summed E-state index contributed by atoms with van der Waals surface area (Å²) in [5.41, 5.74) is 0.552. The van der Waals surface area contributed by atoms with E-state index in [1.54, 1.807) is 72.8 Å². The molecule has 4 aromatic rings. The summed E-state index contributed by atoms with van der Waals surface area (Å²) in [4.78, 5) is 13.3. The van der Waals surface area contributed by atoms with Crippen LogP contribution in [0.2, 0.25) is 5.02 Å². The highest BCUT2D eigenvalue weighted by molar-refractivity contribution is 7.71. The van der Waals surface area contributed by atoms with Gasteiger partial charge in [0, 0.05) is 5.02 Å². The van der Waals surface area contributed by atoms with E-state index in [0.717, 1.165) is 0 Å². The van der Waals surface area contributed by atoms with Crippen molar-refractivity contribution in [3.63, 3.8) is 0 Å². The van der Waals surface area contributed by atoms with E-state index in [2.05, 4.69) is 10.2 Å². The lowest BCUT2D eigenvalue weighted by atomic mass is 10.2. The molecule has 7 nitrogen and oxygen atoms in total. The molecule has 3 aromatic carbocycles. The molecule has 0 fully saturated rings. The summed E-state index contributed by atoms with van der Waals surface area (Å²) >= 11 is 11.5. The van der Waals surface area contributed by atoms with E-state index in [0.29, 0.717) is 27.8 Å². The van der Waals surface area contributed by atoms with Crippen LogP contribution >= 0.6 is 23.8 Å². The first-order chi connectivity index (χ1) is 15.5. The van der Waals surface area contributed by atoms with Crippen LogP contribution in [0.5, 0.6) is 11.6 Å². The van der Waals surface area contributed by atoms with Gasteiger partial charge in [0.1, 0.15) is 5.75 Å². The van der Waals surface area contributed by atoms with E-state index in [4.69, 9.17) is 28.6 Å². The van der Waals surface area contributed by atoms with Crippen molar-refractivity contribution in [1.29, 1.82) is 0 Å². The van der Waals surface area contributed by atoms with Gasteiger partial charge in [-0.2, -0.15) is 5.11 Å². The van der Waals surface area contributed by atoms with Crippen molar-refractivity contribution in [3.8, 4) is 23.0 Å². The van der Waals surface area contributed by atoms with Gasteiger partial charge < -0.3 is 9.84 Å². The van der Waals surface area contributed by atoms with Gasteiger partial charge in [-0.3, -0.25) is 13.9 Å². The molecule has 4 rings (SSSR count). The maximum absolute atomic E-state index is 13.3. The lowest BCUT2D eigenvalue weighted by Gasteiger charge is -2.17. The molecule has 0 spiro atoms. The van der Waals surface area contributed by atoms with Crippen molar-refractivity contribution in [1.82, 2.24) is 9.13 Å². The second kappa shape index (κ2) is 9.17. The van der Waals surface area contributed by atoms with E-state index >= 15 is 0 Å². The highest BCUT2D eigenvalue weighted by Crippen LogP contribution is 2.32. The molecule has 9 heteroatoms. The minimum atomic E-state index is -0.609. The Morgan fingerprint density at radius 1 is 0.906 bits per heavy atom. The molecular weight excluding hydrogens is 448 g/mol. The van der Waals surface area contributed by atoms with Gasteiger partial charge >= 0.3 is 0 Å². The second-order valence-corrected chi connectivity index (χ2v) is 7.42. The number of nitrogens with zero attached hydrogens (tertiary/aromatic N) is 4. The largest absolute Gasteiger partial charge is 0.495 e. The third-order valence-corrected chi connectivity index (χ3v) is 5.26. The van der Waals surface area contributed by atoms with Crippen molar-refractivity contribution in [2.45, 2.75) is 0 Å². The van der Waals surface area contributed by atoms with Crippen molar-refractivity contribution in [2.24, 2.45) is 10.2 Å². The Balaban J connectivity index is 2.02. The van der Waals surface area contributed by atoms with Gasteiger partial charge in [0.25, 0.3) is 5.56 Å². The topological polar surface area (TPSA) is 81.1 Å². The van der Waals surface area contributed by atoms with Gasteiger partial charge in [-0.1, -0.05) is 41.9 Å². The normalized spacial score (nSPS) is 11.1. The zero-order valence-electron chi connectivity index (χ0n) is 16.8. The fourth-order valence-electron chi connectivity index (χ4n) is 3.12. The number of benzene rings is 3. The highest BCUT2D eigenvalue weighted by Gasteiger charge is 2.21. The molecule has 0 atom stereocenters. The number of rotatable bonds is 5. The molecule has 0 bridgehead atoms. The summed E-state index contributed by atoms with van der Waals surface area (Å²) in [6.45, 7) is 0. The lowest BCUT2D eigenvalue weighted by Crippen LogP contribution is -2.23. The van der Waals surface area contributed by atoms with E-state index in [9.17, 15) is 9.90 Å². The Bertz CT molecular complexity index is 1410. The van der Waals surface area contributed by atoms with E-state index in [1.807, 2.05) is 6.07 Å². The number of hydrogen-bond donors (Lipinski definition) is 1. The monoisotopic (exact) mass is 464 g/mol. The Kier molecular flexibility index (Phi) is 6.16. The second-order valence-electron chi connectivity index (χ2n) is 6.61. The third-order valence-electron chi connectivity index (χ3n) is 4.64. The average molecular weight is 465 g/mol. The summed E-state index contributed by atoms with van der Waals surface area (Å²) in [6.07, 6.45) is 0. The Labute approximate surface area is 193 Å². The molecule has 0 saturated carbocycles. The maximum Gasteiger partial charge on any atom is 0.290 e. The van der Waals surface area contributed by atoms with Gasteiger partial charge in [0.05, 0.1) is 24.2 Å². The van der Waals surface area contributed by atoms with Crippen LogP contribution in [0.25, 0.3) is 11.4 Å². The molecule has 160 valence electrons. The van der Waals surface area contributed by atoms with Crippen LogP contribution in [0.1, 0.15) is 0 Å². The van der Waals surface area contributed by atoms with Crippen LogP contribution in [0.3, 0.4) is 0 Å². The molecule has 0 aliphatic heterocycles. The van der Waals surface area contributed by atoms with Gasteiger partial charge in [0.2, 0.25) is 11.6 Å². The first-order valence-electron chi connectivity index (χ1n) is 9.48. The zero-order chi connectivity index (χ0) is 22.7. The van der Waals surface area contributed by atoms with E-state index in [-0.39, 0.29) is 10.5 Å². The first-order valence-corrected chi connectivity index (χ1v) is 10.3. The Morgan fingerprint density at radius 3 is 2.25 bits per heavy atom. The van der Waals surface area contributed by atoms with Gasteiger partial charge in [-0.25, -0.2) is 0 Å². The molecule has 1 heterocycles. The van der Waals surface area contributed by atoms with E-state index < -0.39 is 11.4 Å². The van der Waals surface area contributed by atoms with Crippen LogP contribution in [0.15, 0.2) is 93.9 Å². The summed E-state index contributed by atoms with van der Waals surface area (Å²) in [5.74, 6) is 0.00662. The van der Waals surface area contributed by atoms with Gasteiger partial charge in [-0.05, 0) is 60.7 Å². The predicted octanol–water partition coefficient (Wildman–Crippen LogP) is 6.14. The number of para-hydroxylation sites is 3. The van der Waals surface area contributed by atoms with Crippen LogP contribution in [-0.2, 0) is 0 Å². The molecule has 32 heavy (non-hydrogen) atoms. The van der Waals surface area contributed by atoms with Crippen molar-refractivity contribution < 1.29 is 9.84 Å². The molecule has 1 N–H and O–H groups in total. The summed E-state index contributed by atoms with van der Waals surface area (Å²) < 4.78 is 8.10. The fraction of sp³-hybridized carbons (Fsp3) is 0.0435. The molecule has 0 radical (unpaired) electrons.